The van der Waals surface area contributed by atoms with Crippen LogP contribution in [0.2, 0.25) is 0 Å². The van der Waals surface area contributed by atoms with Crippen LogP contribution in [0.4, 0.5) is 0 Å². The van der Waals surface area contributed by atoms with Gasteiger partial charge < -0.3 is 18.9 Å². The maximum absolute atomic E-state index is 12.6. The zero-order chi connectivity index (χ0) is 22.9. The van der Waals surface area contributed by atoms with Crippen molar-refractivity contribution >= 4 is 5.91 Å². The van der Waals surface area contributed by atoms with Gasteiger partial charge in [-0.05, 0) is 41.2 Å². The predicted molar refractivity (Wildman–Crippen MR) is 121 cm³/mol. The number of rotatable bonds is 6. The third-order valence-corrected chi connectivity index (χ3v) is 5.87. The molecule has 0 radical (unpaired) electrons. The second-order valence-electron chi connectivity index (χ2n) is 9.05. The van der Waals surface area contributed by atoms with Gasteiger partial charge in [-0.1, -0.05) is 50.2 Å². The van der Waals surface area contributed by atoms with Gasteiger partial charge >= 0.3 is 0 Å². The molecule has 1 atom stereocenters. The first-order chi connectivity index (χ1) is 15.3. The molecule has 0 bridgehead atoms. The molecule has 4 rings (SSSR count). The van der Waals surface area contributed by atoms with Crippen LogP contribution in [-0.2, 0) is 16.8 Å². The molecular formula is C25H29N3O4. The number of benzene rings is 2. The molecule has 7 nitrogen and oxygen atoms in total. The van der Waals surface area contributed by atoms with E-state index in [2.05, 4.69) is 55.2 Å². The first-order valence-electron chi connectivity index (χ1n) is 10.7. The number of hydrogen-bond donors (Lipinski definition) is 0. The zero-order valence-corrected chi connectivity index (χ0v) is 19.2. The molecule has 32 heavy (non-hydrogen) atoms. The van der Waals surface area contributed by atoms with E-state index in [0.29, 0.717) is 42.6 Å². The Bertz CT molecular complexity index is 1100. The van der Waals surface area contributed by atoms with Crippen molar-refractivity contribution in [3.8, 4) is 22.9 Å². The lowest BCUT2D eigenvalue weighted by Crippen LogP contribution is -2.27. The van der Waals surface area contributed by atoms with Gasteiger partial charge in [-0.3, -0.25) is 4.79 Å². The highest BCUT2D eigenvalue weighted by molar-refractivity contribution is 5.79. The average Bonchev–Trinajstić information content (AvgIpc) is 3.40. The summed E-state index contributed by atoms with van der Waals surface area (Å²) in [5.74, 6) is 2.22. The second kappa shape index (κ2) is 8.65. The summed E-state index contributed by atoms with van der Waals surface area (Å²) < 4.78 is 16.2. The minimum Gasteiger partial charge on any atom is -0.493 e. The summed E-state index contributed by atoms with van der Waals surface area (Å²) in [6.07, 6.45) is 1.13. The van der Waals surface area contributed by atoms with Gasteiger partial charge in [-0.2, -0.15) is 4.98 Å². The molecule has 1 amide bonds. The quantitative estimate of drug-likeness (QED) is 0.547. The van der Waals surface area contributed by atoms with E-state index in [1.54, 1.807) is 20.3 Å². The Morgan fingerprint density at radius 1 is 1.06 bits per heavy atom. The topological polar surface area (TPSA) is 77.7 Å². The van der Waals surface area contributed by atoms with Crippen LogP contribution in [-0.4, -0.2) is 35.2 Å². The fourth-order valence-corrected chi connectivity index (χ4v) is 3.96. The molecular weight excluding hydrogens is 406 g/mol. The van der Waals surface area contributed by atoms with Crippen LogP contribution in [0.5, 0.6) is 11.5 Å². The third-order valence-electron chi connectivity index (χ3n) is 5.87. The zero-order valence-electron chi connectivity index (χ0n) is 19.2. The Hall–Kier alpha value is -3.35. The number of hydrogen-bond acceptors (Lipinski definition) is 6. The van der Waals surface area contributed by atoms with E-state index >= 15 is 0 Å². The highest BCUT2D eigenvalue weighted by atomic mass is 16.5. The SMILES string of the molecule is COc1ccc(-c2noc(C3CCC(=O)N3Cc3ccc(C(C)(C)C)cc3)n2)cc1OC. The lowest BCUT2D eigenvalue weighted by molar-refractivity contribution is -0.129. The van der Waals surface area contributed by atoms with E-state index in [9.17, 15) is 4.79 Å². The molecule has 1 unspecified atom stereocenters. The summed E-state index contributed by atoms with van der Waals surface area (Å²) in [4.78, 5) is 19.1. The number of amides is 1. The summed E-state index contributed by atoms with van der Waals surface area (Å²) >= 11 is 0. The molecule has 3 aromatic rings. The van der Waals surface area contributed by atoms with Gasteiger partial charge in [0.15, 0.2) is 11.5 Å². The fourth-order valence-electron chi connectivity index (χ4n) is 3.96. The number of likely N-dealkylation sites (tertiary alicyclic amines) is 1. The molecule has 2 heterocycles. The summed E-state index contributed by atoms with van der Waals surface area (Å²) in [5, 5.41) is 4.15. The Morgan fingerprint density at radius 3 is 2.44 bits per heavy atom. The van der Waals surface area contributed by atoms with Crippen LogP contribution in [0.25, 0.3) is 11.4 Å². The number of ether oxygens (including phenoxy) is 2. The summed E-state index contributed by atoms with van der Waals surface area (Å²) in [6.45, 7) is 7.08. The van der Waals surface area contributed by atoms with Gasteiger partial charge in [0.1, 0.15) is 6.04 Å². The van der Waals surface area contributed by atoms with Crippen molar-refractivity contribution in [2.75, 3.05) is 14.2 Å². The molecule has 2 aromatic carbocycles. The predicted octanol–water partition coefficient (Wildman–Crippen LogP) is 4.92. The van der Waals surface area contributed by atoms with Crippen molar-refractivity contribution in [3.63, 3.8) is 0 Å². The Balaban J connectivity index is 1.55. The van der Waals surface area contributed by atoms with Crippen molar-refractivity contribution in [2.24, 2.45) is 0 Å². The van der Waals surface area contributed by atoms with Crippen LogP contribution >= 0.6 is 0 Å². The standard InChI is InChI=1S/C25H29N3O4/c1-25(2,3)18-9-6-16(7-10-18)15-28-19(11-13-22(28)29)24-26-23(27-32-24)17-8-12-20(30-4)21(14-17)31-5/h6-10,12,14,19H,11,13,15H2,1-5H3. The Labute approximate surface area is 188 Å². The number of aromatic nitrogens is 2. The van der Waals surface area contributed by atoms with E-state index < -0.39 is 0 Å². The van der Waals surface area contributed by atoms with Crippen LogP contribution in [0, 0.1) is 0 Å². The van der Waals surface area contributed by atoms with Gasteiger partial charge in [-0.15, -0.1) is 0 Å². The van der Waals surface area contributed by atoms with E-state index in [1.165, 1.54) is 5.56 Å². The maximum Gasteiger partial charge on any atom is 0.249 e. The lowest BCUT2D eigenvalue weighted by Gasteiger charge is -2.23. The van der Waals surface area contributed by atoms with E-state index in [-0.39, 0.29) is 17.4 Å². The van der Waals surface area contributed by atoms with Gasteiger partial charge in [0.05, 0.1) is 14.2 Å². The van der Waals surface area contributed by atoms with Crippen LogP contribution < -0.4 is 9.47 Å². The van der Waals surface area contributed by atoms with Crippen molar-refractivity contribution in [1.82, 2.24) is 15.0 Å². The largest absolute Gasteiger partial charge is 0.493 e. The molecule has 1 aliphatic heterocycles. The smallest absolute Gasteiger partial charge is 0.249 e. The molecule has 168 valence electrons. The number of carbonyl (C=O) groups excluding carboxylic acids is 1. The van der Waals surface area contributed by atoms with Crippen molar-refractivity contribution in [2.45, 2.75) is 51.6 Å². The summed E-state index contributed by atoms with van der Waals surface area (Å²) in [6, 6.07) is 13.7. The Morgan fingerprint density at radius 2 is 1.78 bits per heavy atom. The van der Waals surface area contributed by atoms with E-state index in [1.807, 2.05) is 17.0 Å². The van der Waals surface area contributed by atoms with Crippen molar-refractivity contribution in [3.05, 3.63) is 59.5 Å². The van der Waals surface area contributed by atoms with Crippen LogP contribution in [0.15, 0.2) is 47.0 Å². The number of nitrogens with zero attached hydrogens (tertiary/aromatic N) is 3. The first-order valence-corrected chi connectivity index (χ1v) is 10.7. The molecule has 1 aromatic heterocycles. The average molecular weight is 436 g/mol. The van der Waals surface area contributed by atoms with Crippen molar-refractivity contribution in [1.29, 1.82) is 0 Å². The molecule has 0 saturated carbocycles. The fraction of sp³-hybridized carbons (Fsp3) is 0.400. The van der Waals surface area contributed by atoms with E-state index in [0.717, 1.165) is 11.1 Å². The molecule has 0 aliphatic carbocycles. The molecule has 0 spiro atoms. The summed E-state index contributed by atoms with van der Waals surface area (Å²) in [7, 11) is 3.17. The van der Waals surface area contributed by atoms with Crippen molar-refractivity contribution < 1.29 is 18.8 Å². The number of methoxy groups -OCH3 is 2. The molecule has 7 heteroatoms. The molecule has 1 fully saturated rings. The highest BCUT2D eigenvalue weighted by Crippen LogP contribution is 2.36. The van der Waals surface area contributed by atoms with Gasteiger partial charge in [0, 0.05) is 18.5 Å². The first kappa shape index (κ1) is 21.9. The minimum atomic E-state index is -0.230. The highest BCUT2D eigenvalue weighted by Gasteiger charge is 2.36. The van der Waals surface area contributed by atoms with E-state index in [4.69, 9.17) is 14.0 Å². The number of carbonyl (C=O) groups is 1. The third kappa shape index (κ3) is 4.33. The molecule has 1 saturated heterocycles. The van der Waals surface area contributed by atoms with Crippen LogP contribution in [0.3, 0.4) is 0 Å². The van der Waals surface area contributed by atoms with Gasteiger partial charge in [-0.25, -0.2) is 0 Å². The normalized spacial score (nSPS) is 16.5. The lowest BCUT2D eigenvalue weighted by atomic mass is 9.87. The van der Waals surface area contributed by atoms with Gasteiger partial charge in [0.2, 0.25) is 17.6 Å². The van der Waals surface area contributed by atoms with Crippen LogP contribution in [0.1, 0.15) is 56.7 Å². The minimum absolute atomic E-state index is 0.0921. The van der Waals surface area contributed by atoms with Gasteiger partial charge in [0.25, 0.3) is 0 Å². The maximum atomic E-state index is 12.6. The second-order valence-corrected chi connectivity index (χ2v) is 9.05. The monoisotopic (exact) mass is 435 g/mol. The Kier molecular flexibility index (Phi) is 5.91. The summed E-state index contributed by atoms with van der Waals surface area (Å²) in [5.41, 5.74) is 3.20. The molecule has 0 N–H and O–H groups in total. The molecule has 1 aliphatic rings.